The van der Waals surface area contributed by atoms with Crippen molar-refractivity contribution < 1.29 is 13.6 Å². The van der Waals surface area contributed by atoms with Crippen molar-refractivity contribution in [3.63, 3.8) is 0 Å². The quantitative estimate of drug-likeness (QED) is 0.886. The van der Waals surface area contributed by atoms with E-state index in [-0.39, 0.29) is 24.3 Å². The number of furan rings is 1. The van der Waals surface area contributed by atoms with Gasteiger partial charge in [-0.05, 0) is 42.5 Å². The molecule has 1 fully saturated rings. The second kappa shape index (κ2) is 6.96. The van der Waals surface area contributed by atoms with Crippen LogP contribution in [0, 0.1) is 11.7 Å². The van der Waals surface area contributed by atoms with Crippen molar-refractivity contribution in [1.82, 2.24) is 5.32 Å². The maximum atomic E-state index is 13.2. The third-order valence-corrected chi connectivity index (χ3v) is 4.50. The Bertz CT molecular complexity index is 660. The second-order valence-corrected chi connectivity index (χ2v) is 6.05. The van der Waals surface area contributed by atoms with E-state index in [1.807, 2.05) is 0 Å². The van der Waals surface area contributed by atoms with Crippen LogP contribution in [-0.4, -0.2) is 5.91 Å². The summed E-state index contributed by atoms with van der Waals surface area (Å²) < 4.78 is 18.4. The highest BCUT2D eigenvalue weighted by molar-refractivity contribution is 5.94. The molecule has 122 valence electrons. The first-order valence-electron chi connectivity index (χ1n) is 8.01. The predicted molar refractivity (Wildman–Crippen MR) is 85.2 cm³/mol. The zero-order valence-corrected chi connectivity index (χ0v) is 12.9. The Hall–Kier alpha value is -2.14. The lowest BCUT2D eigenvalue weighted by atomic mass is 9.91. The van der Waals surface area contributed by atoms with Crippen LogP contribution in [0.2, 0.25) is 0 Å². The van der Waals surface area contributed by atoms with Gasteiger partial charge in [-0.15, -0.1) is 0 Å². The molecule has 5 heteroatoms. The third kappa shape index (κ3) is 3.62. The van der Waals surface area contributed by atoms with E-state index in [9.17, 15) is 9.18 Å². The maximum Gasteiger partial charge on any atom is 0.255 e. The minimum atomic E-state index is -0.271. The van der Waals surface area contributed by atoms with Gasteiger partial charge in [0.2, 0.25) is 0 Å². The van der Waals surface area contributed by atoms with Crippen molar-refractivity contribution in [2.24, 2.45) is 11.7 Å². The highest BCUT2D eigenvalue weighted by Gasteiger charge is 2.28. The molecule has 0 aliphatic heterocycles. The Morgan fingerprint density at radius 2 is 2.00 bits per heavy atom. The van der Waals surface area contributed by atoms with Gasteiger partial charge in [0, 0.05) is 0 Å². The first-order valence-corrected chi connectivity index (χ1v) is 8.01. The lowest BCUT2D eigenvalue weighted by molar-refractivity contribution is 0.0921. The lowest BCUT2D eigenvalue weighted by Crippen LogP contribution is -2.32. The molecule has 0 bridgehead atoms. The van der Waals surface area contributed by atoms with Crippen molar-refractivity contribution >= 4 is 5.91 Å². The van der Waals surface area contributed by atoms with Gasteiger partial charge < -0.3 is 15.5 Å². The Morgan fingerprint density at radius 1 is 1.30 bits per heavy atom. The predicted octanol–water partition coefficient (Wildman–Crippen LogP) is 3.54. The molecule has 0 radical (unpaired) electrons. The van der Waals surface area contributed by atoms with Gasteiger partial charge in [0.15, 0.2) is 0 Å². The highest BCUT2D eigenvalue weighted by Crippen LogP contribution is 2.36. The number of amides is 1. The van der Waals surface area contributed by atoms with Gasteiger partial charge in [-0.25, -0.2) is 4.39 Å². The molecule has 23 heavy (non-hydrogen) atoms. The maximum absolute atomic E-state index is 13.2. The molecular formula is C18H21FN2O2. The zero-order chi connectivity index (χ0) is 16.2. The molecule has 1 heterocycles. The van der Waals surface area contributed by atoms with Crippen molar-refractivity contribution in [2.75, 3.05) is 0 Å². The number of halogens is 1. The minimum Gasteiger partial charge on any atom is -0.467 e. The smallest absolute Gasteiger partial charge is 0.255 e. The number of carbonyl (C=O) groups is 1. The molecule has 1 amide bonds. The van der Waals surface area contributed by atoms with E-state index in [0.29, 0.717) is 17.2 Å². The third-order valence-electron chi connectivity index (χ3n) is 4.50. The first-order chi connectivity index (χ1) is 11.2. The molecule has 0 saturated heterocycles. The molecule has 1 atom stereocenters. The van der Waals surface area contributed by atoms with Crippen molar-refractivity contribution in [2.45, 2.75) is 38.3 Å². The molecule has 1 aromatic carbocycles. The van der Waals surface area contributed by atoms with Crippen LogP contribution in [0.4, 0.5) is 4.39 Å². The number of hydrogen-bond acceptors (Lipinski definition) is 3. The number of hydrogen-bond donors (Lipinski definition) is 2. The number of nitrogens with one attached hydrogen (secondary N) is 1. The number of carbonyl (C=O) groups excluding carboxylic acids is 1. The van der Waals surface area contributed by atoms with Crippen molar-refractivity contribution in [3.8, 4) is 0 Å². The molecule has 3 rings (SSSR count). The SMILES string of the molecule is NCc1cc(C(=O)NC(c2ccc(F)cc2)C2CCCC2)co1. The number of rotatable bonds is 5. The van der Waals surface area contributed by atoms with Crippen molar-refractivity contribution in [1.29, 1.82) is 0 Å². The number of nitrogens with two attached hydrogens (primary N) is 1. The summed E-state index contributed by atoms with van der Waals surface area (Å²) in [6, 6.07) is 7.92. The van der Waals surface area contributed by atoms with Gasteiger partial charge in [0.05, 0.1) is 18.2 Å². The van der Waals surface area contributed by atoms with E-state index in [1.165, 1.54) is 31.2 Å². The van der Waals surface area contributed by atoms with Crippen LogP contribution in [0.25, 0.3) is 0 Å². The minimum absolute atomic E-state index is 0.109. The van der Waals surface area contributed by atoms with E-state index in [0.717, 1.165) is 18.4 Å². The standard InChI is InChI=1S/C18H21FN2O2/c19-15-7-5-13(6-8-15)17(12-3-1-2-4-12)21-18(22)14-9-16(10-20)23-11-14/h5-9,11-12,17H,1-4,10,20H2,(H,21,22). The van der Waals surface area contributed by atoms with E-state index in [1.54, 1.807) is 18.2 Å². The van der Waals surface area contributed by atoms with Gasteiger partial charge in [0.1, 0.15) is 17.8 Å². The number of benzene rings is 1. The van der Waals surface area contributed by atoms with E-state index < -0.39 is 0 Å². The summed E-state index contributed by atoms with van der Waals surface area (Å²) >= 11 is 0. The molecule has 0 spiro atoms. The molecule has 2 aromatic rings. The van der Waals surface area contributed by atoms with Crippen LogP contribution >= 0.6 is 0 Å². The Morgan fingerprint density at radius 3 is 2.61 bits per heavy atom. The van der Waals surface area contributed by atoms with Gasteiger partial charge in [-0.3, -0.25) is 4.79 Å². The van der Waals surface area contributed by atoms with Gasteiger partial charge >= 0.3 is 0 Å². The van der Waals surface area contributed by atoms with E-state index >= 15 is 0 Å². The Labute approximate surface area is 134 Å². The molecule has 1 aliphatic carbocycles. The fourth-order valence-corrected chi connectivity index (χ4v) is 3.27. The van der Waals surface area contributed by atoms with Crippen molar-refractivity contribution in [3.05, 3.63) is 59.3 Å². The summed E-state index contributed by atoms with van der Waals surface area (Å²) in [6.07, 6.45) is 5.90. The fourth-order valence-electron chi connectivity index (χ4n) is 3.27. The van der Waals surface area contributed by atoms with Crippen LogP contribution in [0.15, 0.2) is 41.0 Å². The van der Waals surface area contributed by atoms with Crippen LogP contribution in [0.1, 0.15) is 53.4 Å². The molecule has 1 aromatic heterocycles. The lowest BCUT2D eigenvalue weighted by Gasteiger charge is -2.25. The molecule has 4 nitrogen and oxygen atoms in total. The molecule has 1 saturated carbocycles. The topological polar surface area (TPSA) is 68.3 Å². The Kier molecular flexibility index (Phi) is 4.76. The highest BCUT2D eigenvalue weighted by atomic mass is 19.1. The van der Waals surface area contributed by atoms with E-state index in [2.05, 4.69) is 5.32 Å². The zero-order valence-electron chi connectivity index (χ0n) is 12.9. The molecule has 1 aliphatic rings. The average molecular weight is 316 g/mol. The largest absolute Gasteiger partial charge is 0.467 e. The normalized spacial score (nSPS) is 16.4. The molecule has 3 N–H and O–H groups in total. The summed E-state index contributed by atoms with van der Waals surface area (Å²) in [5, 5.41) is 3.09. The second-order valence-electron chi connectivity index (χ2n) is 6.05. The summed E-state index contributed by atoms with van der Waals surface area (Å²) in [6.45, 7) is 0.261. The molecule has 1 unspecified atom stereocenters. The van der Waals surface area contributed by atoms with Gasteiger partial charge in [-0.2, -0.15) is 0 Å². The molecular weight excluding hydrogens is 295 g/mol. The van der Waals surface area contributed by atoms with Crippen LogP contribution in [0.5, 0.6) is 0 Å². The summed E-state index contributed by atoms with van der Waals surface area (Å²) in [4.78, 5) is 12.5. The van der Waals surface area contributed by atoms with Crippen LogP contribution < -0.4 is 11.1 Å². The fraction of sp³-hybridized carbons (Fsp3) is 0.389. The Balaban J connectivity index is 1.80. The van der Waals surface area contributed by atoms with Crippen LogP contribution in [0.3, 0.4) is 0 Å². The van der Waals surface area contributed by atoms with E-state index in [4.69, 9.17) is 10.2 Å². The summed E-state index contributed by atoms with van der Waals surface area (Å²) in [5.74, 6) is 0.502. The summed E-state index contributed by atoms with van der Waals surface area (Å²) in [7, 11) is 0. The average Bonchev–Trinajstić information content (AvgIpc) is 3.25. The first kappa shape index (κ1) is 15.7. The van der Waals surface area contributed by atoms with Gasteiger partial charge in [0.25, 0.3) is 5.91 Å². The monoisotopic (exact) mass is 316 g/mol. The summed E-state index contributed by atoms with van der Waals surface area (Å²) in [5.41, 5.74) is 6.92. The van der Waals surface area contributed by atoms with Gasteiger partial charge in [-0.1, -0.05) is 25.0 Å². The van der Waals surface area contributed by atoms with Crippen LogP contribution in [-0.2, 0) is 6.54 Å².